The quantitative estimate of drug-likeness (QED) is 0.883. The van der Waals surface area contributed by atoms with Gasteiger partial charge >= 0.3 is 0 Å². The van der Waals surface area contributed by atoms with Crippen LogP contribution in [0.2, 0.25) is 0 Å². The van der Waals surface area contributed by atoms with E-state index in [1.165, 1.54) is 0 Å². The molecule has 0 bridgehead atoms. The lowest BCUT2D eigenvalue weighted by Crippen LogP contribution is -2.36. The molecule has 1 aliphatic heterocycles. The van der Waals surface area contributed by atoms with Gasteiger partial charge in [-0.3, -0.25) is 4.79 Å². The molecule has 0 fully saturated rings. The van der Waals surface area contributed by atoms with E-state index in [2.05, 4.69) is 6.92 Å². The highest BCUT2D eigenvalue weighted by Crippen LogP contribution is 2.37. The summed E-state index contributed by atoms with van der Waals surface area (Å²) in [5.41, 5.74) is 0.542. The van der Waals surface area contributed by atoms with Crippen LogP contribution in [0.4, 0.5) is 0 Å². The number of amides is 1. The maximum absolute atomic E-state index is 12.5. The number of aliphatic hydroxyl groups excluding tert-OH is 1. The van der Waals surface area contributed by atoms with Crippen molar-refractivity contribution in [1.29, 1.82) is 0 Å². The molecule has 0 saturated carbocycles. The van der Waals surface area contributed by atoms with Gasteiger partial charge in [0.05, 0.1) is 18.1 Å². The van der Waals surface area contributed by atoms with Gasteiger partial charge in [-0.25, -0.2) is 0 Å². The van der Waals surface area contributed by atoms with Crippen LogP contribution in [-0.2, 0) is 4.79 Å². The SMILES string of the molecule is CCC[C@]1(C)C=CN([C@@H](CO)c2ccccc2)C1=O. The van der Waals surface area contributed by atoms with Crippen LogP contribution < -0.4 is 0 Å². The average molecular weight is 259 g/mol. The molecule has 102 valence electrons. The lowest BCUT2D eigenvalue weighted by atomic mass is 9.86. The molecule has 1 aromatic rings. The smallest absolute Gasteiger partial charge is 0.236 e. The molecule has 2 rings (SSSR count). The van der Waals surface area contributed by atoms with Crippen molar-refractivity contribution in [3.8, 4) is 0 Å². The van der Waals surface area contributed by atoms with Crippen molar-refractivity contribution >= 4 is 5.91 Å². The monoisotopic (exact) mass is 259 g/mol. The number of carbonyl (C=O) groups is 1. The Morgan fingerprint density at radius 2 is 2.00 bits per heavy atom. The molecular formula is C16H21NO2. The van der Waals surface area contributed by atoms with Crippen molar-refractivity contribution < 1.29 is 9.90 Å². The number of hydrogen-bond acceptors (Lipinski definition) is 2. The van der Waals surface area contributed by atoms with Gasteiger partial charge in [-0.15, -0.1) is 0 Å². The Balaban J connectivity index is 2.23. The van der Waals surface area contributed by atoms with E-state index >= 15 is 0 Å². The fraction of sp³-hybridized carbons (Fsp3) is 0.438. The second kappa shape index (κ2) is 5.57. The van der Waals surface area contributed by atoms with Gasteiger partial charge in [-0.2, -0.15) is 0 Å². The maximum Gasteiger partial charge on any atom is 0.236 e. The van der Waals surface area contributed by atoms with Gasteiger partial charge in [0, 0.05) is 6.20 Å². The minimum atomic E-state index is -0.420. The van der Waals surface area contributed by atoms with Crippen LogP contribution in [0.3, 0.4) is 0 Å². The average Bonchev–Trinajstić information content (AvgIpc) is 2.70. The molecule has 1 heterocycles. The first-order chi connectivity index (χ1) is 9.12. The standard InChI is InChI=1S/C16H21NO2/c1-3-9-16(2)10-11-17(15(16)19)14(12-18)13-7-5-4-6-8-13/h4-8,10-11,14,18H,3,9,12H2,1-2H3/t14-,16+/m0/s1. The molecule has 0 saturated heterocycles. The van der Waals surface area contributed by atoms with Crippen LogP contribution >= 0.6 is 0 Å². The van der Waals surface area contributed by atoms with Crippen molar-refractivity contribution in [3.05, 3.63) is 48.2 Å². The Hall–Kier alpha value is -1.61. The summed E-state index contributed by atoms with van der Waals surface area (Å²) >= 11 is 0. The predicted octanol–water partition coefficient (Wildman–Crippen LogP) is 2.88. The van der Waals surface area contributed by atoms with Gasteiger partial charge in [-0.05, 0) is 18.9 Å². The van der Waals surface area contributed by atoms with Crippen molar-refractivity contribution in [2.75, 3.05) is 6.61 Å². The van der Waals surface area contributed by atoms with Crippen molar-refractivity contribution in [2.24, 2.45) is 5.41 Å². The number of aliphatic hydroxyl groups is 1. The summed E-state index contributed by atoms with van der Waals surface area (Å²) in [5.74, 6) is 0.0808. The zero-order valence-corrected chi connectivity index (χ0v) is 11.5. The summed E-state index contributed by atoms with van der Waals surface area (Å²) in [6.07, 6.45) is 5.59. The summed E-state index contributed by atoms with van der Waals surface area (Å²) < 4.78 is 0. The van der Waals surface area contributed by atoms with E-state index in [-0.39, 0.29) is 18.6 Å². The van der Waals surface area contributed by atoms with Gasteiger partial charge in [0.15, 0.2) is 0 Å². The topological polar surface area (TPSA) is 40.5 Å². The molecular weight excluding hydrogens is 238 g/mol. The van der Waals surface area contributed by atoms with E-state index in [0.717, 1.165) is 18.4 Å². The molecule has 19 heavy (non-hydrogen) atoms. The molecule has 0 aromatic heterocycles. The van der Waals surface area contributed by atoms with E-state index in [0.29, 0.717) is 0 Å². The Labute approximate surface area is 114 Å². The van der Waals surface area contributed by atoms with Gasteiger partial charge in [0.1, 0.15) is 0 Å². The first kappa shape index (κ1) is 13.8. The third-order valence-corrected chi connectivity index (χ3v) is 3.79. The summed E-state index contributed by atoms with van der Waals surface area (Å²) in [6, 6.07) is 9.38. The minimum absolute atomic E-state index is 0.0672. The predicted molar refractivity (Wildman–Crippen MR) is 75.3 cm³/mol. The van der Waals surface area contributed by atoms with E-state index in [4.69, 9.17) is 0 Å². The van der Waals surface area contributed by atoms with Crippen molar-refractivity contribution in [1.82, 2.24) is 4.90 Å². The van der Waals surface area contributed by atoms with Crippen LogP contribution in [0.25, 0.3) is 0 Å². The lowest BCUT2D eigenvalue weighted by molar-refractivity contribution is -0.137. The van der Waals surface area contributed by atoms with Crippen molar-refractivity contribution in [3.63, 3.8) is 0 Å². The Bertz CT molecular complexity index is 469. The number of benzene rings is 1. The third kappa shape index (κ3) is 2.56. The summed E-state index contributed by atoms with van der Waals surface area (Å²) in [6.45, 7) is 3.98. The molecule has 1 amide bonds. The molecule has 3 heteroatoms. The van der Waals surface area contributed by atoms with Crippen LogP contribution in [0, 0.1) is 5.41 Å². The van der Waals surface area contributed by atoms with Crippen LogP contribution in [0.15, 0.2) is 42.6 Å². The highest BCUT2D eigenvalue weighted by atomic mass is 16.3. The first-order valence-corrected chi connectivity index (χ1v) is 6.80. The summed E-state index contributed by atoms with van der Waals surface area (Å²) in [7, 11) is 0. The summed E-state index contributed by atoms with van der Waals surface area (Å²) in [4.78, 5) is 14.2. The first-order valence-electron chi connectivity index (χ1n) is 6.80. The van der Waals surface area contributed by atoms with Gasteiger partial charge in [0.25, 0.3) is 0 Å². The third-order valence-electron chi connectivity index (χ3n) is 3.79. The van der Waals surface area contributed by atoms with Gasteiger partial charge in [-0.1, -0.05) is 49.8 Å². The zero-order valence-electron chi connectivity index (χ0n) is 11.5. The molecule has 0 spiro atoms. The second-order valence-corrected chi connectivity index (χ2v) is 5.30. The van der Waals surface area contributed by atoms with E-state index < -0.39 is 5.41 Å². The molecule has 1 aliphatic rings. The van der Waals surface area contributed by atoms with Crippen molar-refractivity contribution in [2.45, 2.75) is 32.7 Å². The number of rotatable bonds is 5. The normalized spacial score (nSPS) is 23.9. The van der Waals surface area contributed by atoms with Crippen LogP contribution in [-0.4, -0.2) is 22.5 Å². The lowest BCUT2D eigenvalue weighted by Gasteiger charge is -2.29. The van der Waals surface area contributed by atoms with Gasteiger partial charge in [0.2, 0.25) is 5.91 Å². The Morgan fingerprint density at radius 3 is 2.58 bits per heavy atom. The minimum Gasteiger partial charge on any atom is -0.394 e. The largest absolute Gasteiger partial charge is 0.394 e. The zero-order chi connectivity index (χ0) is 13.9. The Morgan fingerprint density at radius 1 is 1.32 bits per heavy atom. The van der Waals surface area contributed by atoms with E-state index in [9.17, 15) is 9.90 Å². The number of nitrogens with zero attached hydrogens (tertiary/aromatic N) is 1. The Kier molecular flexibility index (Phi) is 4.05. The van der Waals surface area contributed by atoms with E-state index in [1.807, 2.05) is 49.5 Å². The highest BCUT2D eigenvalue weighted by Gasteiger charge is 2.40. The molecule has 2 atom stereocenters. The maximum atomic E-state index is 12.5. The molecule has 0 unspecified atom stereocenters. The fourth-order valence-corrected chi connectivity index (χ4v) is 2.66. The summed E-state index contributed by atoms with van der Waals surface area (Å²) in [5, 5.41) is 9.63. The molecule has 1 aromatic carbocycles. The second-order valence-electron chi connectivity index (χ2n) is 5.30. The molecule has 1 N–H and O–H groups in total. The van der Waals surface area contributed by atoms with Crippen LogP contribution in [0.5, 0.6) is 0 Å². The van der Waals surface area contributed by atoms with E-state index in [1.54, 1.807) is 4.90 Å². The molecule has 3 nitrogen and oxygen atoms in total. The number of carbonyl (C=O) groups excluding carboxylic acids is 1. The fourth-order valence-electron chi connectivity index (χ4n) is 2.66. The number of hydrogen-bond donors (Lipinski definition) is 1. The van der Waals surface area contributed by atoms with Crippen LogP contribution in [0.1, 0.15) is 38.3 Å². The molecule has 0 radical (unpaired) electrons. The van der Waals surface area contributed by atoms with Gasteiger partial charge < -0.3 is 10.0 Å². The molecule has 0 aliphatic carbocycles. The highest BCUT2D eigenvalue weighted by molar-refractivity contribution is 5.88.